The Morgan fingerprint density at radius 1 is 1.10 bits per heavy atom. The summed E-state index contributed by atoms with van der Waals surface area (Å²) in [6.45, 7) is 5.79. The number of aromatic nitrogens is 1. The van der Waals surface area contributed by atoms with Gasteiger partial charge in [-0.05, 0) is 58.6 Å². The van der Waals surface area contributed by atoms with Crippen molar-refractivity contribution in [2.45, 2.75) is 63.1 Å². The highest BCUT2D eigenvalue weighted by Crippen LogP contribution is 2.46. The van der Waals surface area contributed by atoms with E-state index < -0.39 is 22.8 Å². The van der Waals surface area contributed by atoms with Gasteiger partial charge >= 0.3 is 6.09 Å². The van der Waals surface area contributed by atoms with Gasteiger partial charge in [-0.3, -0.25) is 19.4 Å². The molecule has 10 nitrogen and oxygen atoms in total. The van der Waals surface area contributed by atoms with Crippen LogP contribution in [0.3, 0.4) is 0 Å². The van der Waals surface area contributed by atoms with Gasteiger partial charge in [-0.15, -0.1) is 0 Å². The van der Waals surface area contributed by atoms with E-state index in [2.05, 4.69) is 26.3 Å². The fourth-order valence-corrected chi connectivity index (χ4v) is 3.15. The van der Waals surface area contributed by atoms with Gasteiger partial charge in [-0.25, -0.2) is 4.79 Å². The predicted molar refractivity (Wildman–Crippen MR) is 111 cm³/mol. The van der Waals surface area contributed by atoms with Crippen LogP contribution < -0.4 is 21.3 Å². The number of nitrogens with zero attached hydrogens (tertiary/aromatic N) is 1. The lowest BCUT2D eigenvalue weighted by Crippen LogP contribution is -2.49. The summed E-state index contributed by atoms with van der Waals surface area (Å²) in [4.78, 5) is 51.5. The summed E-state index contributed by atoms with van der Waals surface area (Å²) in [7, 11) is 0. The molecule has 168 valence electrons. The van der Waals surface area contributed by atoms with Crippen molar-refractivity contribution in [3.8, 4) is 0 Å². The second-order valence-corrected chi connectivity index (χ2v) is 9.00. The fourth-order valence-electron chi connectivity index (χ4n) is 3.15. The molecule has 0 saturated heterocycles. The smallest absolute Gasteiger partial charge is 0.407 e. The summed E-state index contributed by atoms with van der Waals surface area (Å²) < 4.78 is 5.12. The van der Waals surface area contributed by atoms with Crippen LogP contribution in [0.5, 0.6) is 0 Å². The summed E-state index contributed by atoms with van der Waals surface area (Å²) >= 11 is 0. The first-order chi connectivity index (χ1) is 14.6. The van der Waals surface area contributed by atoms with Crippen molar-refractivity contribution >= 4 is 24.3 Å². The molecule has 0 bridgehead atoms. The van der Waals surface area contributed by atoms with Crippen LogP contribution in [0.4, 0.5) is 4.79 Å². The number of carbonyl (C=O) groups excluding carboxylic acids is 4. The average Bonchev–Trinajstić information content (AvgIpc) is 3.61. The summed E-state index contributed by atoms with van der Waals surface area (Å²) in [6, 6.07) is 3.38. The number of amides is 4. The van der Waals surface area contributed by atoms with Gasteiger partial charge < -0.3 is 26.0 Å². The zero-order valence-electron chi connectivity index (χ0n) is 18.0. The number of rotatable bonds is 9. The second kappa shape index (κ2) is 8.52. The average molecular weight is 431 g/mol. The molecule has 0 atom stereocenters. The first-order valence-corrected chi connectivity index (χ1v) is 10.3. The number of carbonyl (C=O) groups is 4. The van der Waals surface area contributed by atoms with Crippen molar-refractivity contribution in [1.82, 2.24) is 26.3 Å². The third-order valence-corrected chi connectivity index (χ3v) is 5.22. The topological polar surface area (TPSA) is 139 Å². The second-order valence-electron chi connectivity index (χ2n) is 9.00. The summed E-state index contributed by atoms with van der Waals surface area (Å²) in [5, 5.41) is 10.9. The standard InChI is InChI=1S/C21H29N5O5/c1-19(2,3)31-18(30)23-11-10-22-16(28)14-4-5-15(24-12-14)20(6-7-20)26-17(29)21(8-9-21)25-13-27/h4-5,12-13H,6-11H2,1-3H3,(H,22,28)(H,23,30)(H,25,27)(H,26,29). The van der Waals surface area contributed by atoms with E-state index in [1.165, 1.54) is 6.20 Å². The molecule has 0 aliphatic heterocycles. The Hall–Kier alpha value is -3.17. The van der Waals surface area contributed by atoms with E-state index in [9.17, 15) is 19.2 Å². The molecule has 0 aromatic carbocycles. The van der Waals surface area contributed by atoms with Gasteiger partial charge in [0.15, 0.2) is 0 Å². The number of hydrogen-bond donors (Lipinski definition) is 4. The number of hydrogen-bond acceptors (Lipinski definition) is 6. The van der Waals surface area contributed by atoms with Crippen LogP contribution in [0.2, 0.25) is 0 Å². The predicted octanol–water partition coefficient (Wildman–Crippen LogP) is 0.720. The van der Waals surface area contributed by atoms with Crippen molar-refractivity contribution in [2.75, 3.05) is 13.1 Å². The molecule has 4 amide bonds. The molecule has 0 unspecified atom stereocenters. The van der Waals surface area contributed by atoms with Crippen LogP contribution in [-0.2, 0) is 19.9 Å². The number of nitrogens with one attached hydrogen (secondary N) is 4. The molecule has 10 heteroatoms. The third-order valence-electron chi connectivity index (χ3n) is 5.22. The van der Waals surface area contributed by atoms with E-state index in [1.54, 1.807) is 32.9 Å². The van der Waals surface area contributed by atoms with E-state index in [4.69, 9.17) is 4.74 Å². The van der Waals surface area contributed by atoms with Gasteiger partial charge in [-0.1, -0.05) is 0 Å². The van der Waals surface area contributed by atoms with Gasteiger partial charge in [0.2, 0.25) is 12.3 Å². The molecule has 1 heterocycles. The Balaban J connectivity index is 1.47. The molecule has 2 fully saturated rings. The van der Waals surface area contributed by atoms with Gasteiger partial charge in [0.1, 0.15) is 11.1 Å². The Morgan fingerprint density at radius 2 is 1.77 bits per heavy atom. The molecular weight excluding hydrogens is 402 g/mol. The number of pyridine rings is 1. The van der Waals surface area contributed by atoms with Gasteiger partial charge in [-0.2, -0.15) is 0 Å². The van der Waals surface area contributed by atoms with Gasteiger partial charge in [0, 0.05) is 19.3 Å². The highest BCUT2D eigenvalue weighted by Gasteiger charge is 2.55. The highest BCUT2D eigenvalue weighted by atomic mass is 16.6. The quantitative estimate of drug-likeness (QED) is 0.336. The normalized spacial score (nSPS) is 17.6. The minimum Gasteiger partial charge on any atom is -0.444 e. The fraction of sp³-hybridized carbons (Fsp3) is 0.571. The minimum atomic E-state index is -0.787. The SMILES string of the molecule is CC(C)(C)OC(=O)NCCNC(=O)c1ccc(C2(NC(=O)C3(NC=O)CC3)CC2)nc1. The van der Waals surface area contributed by atoms with E-state index in [1.807, 2.05) is 0 Å². The number of ether oxygens (including phenoxy) is 1. The van der Waals surface area contributed by atoms with Crippen LogP contribution in [0.15, 0.2) is 18.3 Å². The maximum absolute atomic E-state index is 12.5. The van der Waals surface area contributed by atoms with Crippen molar-refractivity contribution in [3.05, 3.63) is 29.6 Å². The summed E-state index contributed by atoms with van der Waals surface area (Å²) in [6.07, 6.45) is 4.25. The first-order valence-electron chi connectivity index (χ1n) is 10.3. The Bertz CT molecular complexity index is 854. The first kappa shape index (κ1) is 22.5. The van der Waals surface area contributed by atoms with Crippen molar-refractivity contribution in [2.24, 2.45) is 0 Å². The largest absolute Gasteiger partial charge is 0.444 e. The lowest BCUT2D eigenvalue weighted by Gasteiger charge is -2.21. The molecule has 0 spiro atoms. The van der Waals surface area contributed by atoms with Crippen LogP contribution >= 0.6 is 0 Å². The molecule has 1 aromatic rings. The van der Waals surface area contributed by atoms with Crippen LogP contribution in [0.25, 0.3) is 0 Å². The van der Waals surface area contributed by atoms with E-state index in [0.29, 0.717) is 30.5 Å². The maximum Gasteiger partial charge on any atom is 0.407 e. The van der Waals surface area contributed by atoms with E-state index in [-0.39, 0.29) is 24.9 Å². The highest BCUT2D eigenvalue weighted by molar-refractivity contribution is 5.94. The lowest BCUT2D eigenvalue weighted by molar-refractivity contribution is -0.127. The molecule has 0 radical (unpaired) electrons. The summed E-state index contributed by atoms with van der Waals surface area (Å²) in [5.74, 6) is -0.510. The Morgan fingerprint density at radius 3 is 2.29 bits per heavy atom. The molecule has 31 heavy (non-hydrogen) atoms. The molecular formula is C21H29N5O5. The monoisotopic (exact) mass is 431 g/mol. The van der Waals surface area contributed by atoms with Crippen LogP contribution in [0, 0.1) is 0 Å². The van der Waals surface area contributed by atoms with Gasteiger partial charge in [0.25, 0.3) is 5.91 Å². The summed E-state index contributed by atoms with van der Waals surface area (Å²) in [5.41, 5.74) is -0.840. The molecule has 2 aliphatic rings. The minimum absolute atomic E-state index is 0.196. The van der Waals surface area contributed by atoms with E-state index in [0.717, 1.165) is 12.8 Å². The molecule has 1 aromatic heterocycles. The van der Waals surface area contributed by atoms with Crippen LogP contribution in [0.1, 0.15) is 62.5 Å². The molecule has 3 rings (SSSR count). The van der Waals surface area contributed by atoms with Gasteiger partial charge in [0.05, 0.1) is 16.8 Å². The Kier molecular flexibility index (Phi) is 6.19. The van der Waals surface area contributed by atoms with Crippen molar-refractivity contribution in [3.63, 3.8) is 0 Å². The zero-order chi connectivity index (χ0) is 22.7. The molecule has 4 N–H and O–H groups in total. The van der Waals surface area contributed by atoms with Crippen LogP contribution in [-0.4, -0.2) is 53.5 Å². The maximum atomic E-state index is 12.5. The van der Waals surface area contributed by atoms with E-state index >= 15 is 0 Å². The molecule has 2 saturated carbocycles. The van der Waals surface area contributed by atoms with Crippen molar-refractivity contribution in [1.29, 1.82) is 0 Å². The Labute approximate surface area is 180 Å². The number of alkyl carbamates (subject to hydrolysis) is 1. The molecule has 2 aliphatic carbocycles. The zero-order valence-corrected chi connectivity index (χ0v) is 18.0. The lowest BCUT2D eigenvalue weighted by atomic mass is 10.1. The third kappa shape index (κ3) is 5.71. The van der Waals surface area contributed by atoms with Crippen molar-refractivity contribution < 1.29 is 23.9 Å².